The number of hydrogen-bond donors (Lipinski definition) is 2. The fraction of sp³-hybridized carbons (Fsp3) is 0.481. The summed E-state index contributed by atoms with van der Waals surface area (Å²) in [5.41, 5.74) is 3.89. The summed E-state index contributed by atoms with van der Waals surface area (Å²) in [5, 5.41) is 22.1. The lowest BCUT2D eigenvalue weighted by Gasteiger charge is -2.30. The van der Waals surface area contributed by atoms with Gasteiger partial charge in [0, 0.05) is 31.2 Å². The molecule has 0 spiro atoms. The van der Waals surface area contributed by atoms with Crippen LogP contribution in [0, 0.1) is 17.2 Å². The Labute approximate surface area is 197 Å². The quantitative estimate of drug-likeness (QED) is 0.489. The molecule has 1 fully saturated rings. The second-order valence-electron chi connectivity index (χ2n) is 8.70. The Kier molecular flexibility index (Phi) is 9.14. The molecule has 1 aliphatic carbocycles. The number of carbonyl (C=O) groups is 1. The van der Waals surface area contributed by atoms with E-state index in [1.807, 2.05) is 50.2 Å². The molecule has 1 aliphatic rings. The third-order valence-electron chi connectivity index (χ3n) is 6.57. The number of ether oxygens (including phenoxy) is 1. The molecule has 2 N–H and O–H groups in total. The first kappa shape index (κ1) is 24.6. The molecule has 0 saturated heterocycles. The molecule has 0 atom stereocenters. The van der Waals surface area contributed by atoms with Crippen LogP contribution in [0.5, 0.6) is 5.75 Å². The van der Waals surface area contributed by atoms with Gasteiger partial charge in [0.15, 0.2) is 0 Å². The van der Waals surface area contributed by atoms with Crippen molar-refractivity contribution in [2.24, 2.45) is 5.92 Å². The first-order chi connectivity index (χ1) is 16.0. The van der Waals surface area contributed by atoms with Crippen LogP contribution in [-0.4, -0.2) is 41.8 Å². The molecule has 6 heteroatoms. The van der Waals surface area contributed by atoms with Crippen LogP contribution in [0.25, 0.3) is 11.1 Å². The zero-order valence-corrected chi connectivity index (χ0v) is 19.7. The van der Waals surface area contributed by atoms with Crippen molar-refractivity contribution >= 4 is 6.09 Å². The molecular formula is C27H35N3O3. The number of nitrogens with one attached hydrogen (secondary N) is 1. The fourth-order valence-electron chi connectivity index (χ4n) is 4.60. The molecule has 0 aliphatic heterocycles. The van der Waals surface area contributed by atoms with Crippen LogP contribution in [0.15, 0.2) is 42.5 Å². The molecule has 1 amide bonds. The Balaban J connectivity index is 1.58. The summed E-state index contributed by atoms with van der Waals surface area (Å²) in [6.45, 7) is 6.42. The lowest BCUT2D eigenvalue weighted by molar-refractivity contribution is 0.141. The lowest BCUT2D eigenvalue weighted by atomic mass is 9.84. The summed E-state index contributed by atoms with van der Waals surface area (Å²) in [5.74, 6) is 1.50. The van der Waals surface area contributed by atoms with Crippen molar-refractivity contribution in [3.8, 4) is 22.9 Å². The molecule has 6 nitrogen and oxygen atoms in total. The van der Waals surface area contributed by atoms with Crippen LogP contribution in [0.4, 0.5) is 4.79 Å². The maximum atomic E-state index is 11.2. The predicted molar refractivity (Wildman–Crippen MR) is 130 cm³/mol. The van der Waals surface area contributed by atoms with Gasteiger partial charge >= 0.3 is 6.09 Å². The van der Waals surface area contributed by atoms with Crippen LogP contribution in [0.2, 0.25) is 0 Å². The van der Waals surface area contributed by atoms with Gasteiger partial charge in [-0.1, -0.05) is 18.2 Å². The molecule has 176 valence electrons. The summed E-state index contributed by atoms with van der Waals surface area (Å²) < 4.78 is 5.87. The van der Waals surface area contributed by atoms with E-state index in [4.69, 9.17) is 4.74 Å². The Morgan fingerprint density at radius 1 is 1.15 bits per heavy atom. The van der Waals surface area contributed by atoms with Crippen molar-refractivity contribution < 1.29 is 14.6 Å². The number of amides is 1. The van der Waals surface area contributed by atoms with Gasteiger partial charge in [-0.3, -0.25) is 0 Å². The van der Waals surface area contributed by atoms with Crippen LogP contribution in [0.1, 0.15) is 57.1 Å². The van der Waals surface area contributed by atoms with Gasteiger partial charge in [0.25, 0.3) is 0 Å². The number of benzene rings is 2. The molecule has 0 radical (unpaired) electrons. The van der Waals surface area contributed by atoms with E-state index in [9.17, 15) is 15.2 Å². The van der Waals surface area contributed by atoms with Crippen molar-refractivity contribution in [1.82, 2.24) is 10.2 Å². The normalized spacial score (nSPS) is 17.8. The zero-order chi connectivity index (χ0) is 23.6. The summed E-state index contributed by atoms with van der Waals surface area (Å²) >= 11 is 0. The smallest absolute Gasteiger partial charge is 0.407 e. The highest BCUT2D eigenvalue weighted by molar-refractivity contribution is 5.67. The van der Waals surface area contributed by atoms with Crippen LogP contribution in [-0.2, 0) is 6.54 Å². The second kappa shape index (κ2) is 12.3. The highest BCUT2D eigenvalue weighted by Gasteiger charge is 2.22. The first-order valence-corrected chi connectivity index (χ1v) is 12.0. The van der Waals surface area contributed by atoms with Crippen molar-refractivity contribution in [2.45, 2.75) is 58.5 Å². The van der Waals surface area contributed by atoms with E-state index in [1.165, 1.54) is 4.90 Å². The Morgan fingerprint density at radius 2 is 1.91 bits per heavy atom. The number of nitriles is 1. The van der Waals surface area contributed by atoms with Gasteiger partial charge < -0.3 is 20.1 Å². The molecule has 3 rings (SSSR count). The van der Waals surface area contributed by atoms with Gasteiger partial charge in [0.2, 0.25) is 0 Å². The maximum absolute atomic E-state index is 11.2. The molecule has 1 saturated carbocycles. The molecular weight excluding hydrogens is 414 g/mol. The lowest BCUT2D eigenvalue weighted by Crippen LogP contribution is -2.35. The minimum absolute atomic E-state index is 0.461. The van der Waals surface area contributed by atoms with E-state index in [0.29, 0.717) is 37.2 Å². The molecule has 0 heterocycles. The van der Waals surface area contributed by atoms with Gasteiger partial charge in [-0.25, -0.2) is 4.79 Å². The van der Waals surface area contributed by atoms with Crippen LogP contribution >= 0.6 is 0 Å². The summed E-state index contributed by atoms with van der Waals surface area (Å²) in [6, 6.07) is 16.6. The van der Waals surface area contributed by atoms with E-state index in [1.54, 1.807) is 0 Å². The van der Waals surface area contributed by atoms with Gasteiger partial charge in [0.1, 0.15) is 5.75 Å². The molecule has 2 aromatic carbocycles. The monoisotopic (exact) mass is 449 g/mol. The summed E-state index contributed by atoms with van der Waals surface area (Å²) in [4.78, 5) is 12.7. The van der Waals surface area contributed by atoms with E-state index in [0.717, 1.165) is 61.1 Å². The second-order valence-corrected chi connectivity index (χ2v) is 8.70. The van der Waals surface area contributed by atoms with E-state index in [2.05, 4.69) is 17.5 Å². The van der Waals surface area contributed by atoms with E-state index < -0.39 is 6.09 Å². The average Bonchev–Trinajstić information content (AvgIpc) is 2.84. The van der Waals surface area contributed by atoms with Crippen molar-refractivity contribution in [3.05, 3.63) is 53.6 Å². The molecule has 2 aromatic rings. The van der Waals surface area contributed by atoms with Crippen LogP contribution in [0.3, 0.4) is 0 Å². The van der Waals surface area contributed by atoms with E-state index in [-0.39, 0.29) is 0 Å². The zero-order valence-electron chi connectivity index (χ0n) is 19.7. The fourth-order valence-corrected chi connectivity index (χ4v) is 4.60. The van der Waals surface area contributed by atoms with E-state index >= 15 is 0 Å². The molecule has 33 heavy (non-hydrogen) atoms. The first-order valence-electron chi connectivity index (χ1n) is 12.0. The van der Waals surface area contributed by atoms with Crippen LogP contribution < -0.4 is 10.1 Å². The Morgan fingerprint density at radius 3 is 2.58 bits per heavy atom. The average molecular weight is 450 g/mol. The molecule has 0 aromatic heterocycles. The topological polar surface area (TPSA) is 85.6 Å². The predicted octanol–water partition coefficient (Wildman–Crippen LogP) is 5.66. The summed E-state index contributed by atoms with van der Waals surface area (Å²) in [6.07, 6.45) is 4.61. The molecule has 0 bridgehead atoms. The standard InChI is InChI=1S/C27H35N3O3/c1-3-30(27(31)32)15-14-20-8-11-25(12-9-20)29-19-24-17-23(10-13-26(24)33-4-2)22-7-5-6-21(16-22)18-28/h5-7,10,13,16-17,20,25,29H,3-4,8-9,11-12,14-15,19H2,1-2H3,(H,31,32). The number of carboxylic acid groups (broad SMARTS) is 1. The minimum Gasteiger partial charge on any atom is -0.494 e. The van der Waals surface area contributed by atoms with Crippen molar-refractivity contribution in [3.63, 3.8) is 0 Å². The largest absolute Gasteiger partial charge is 0.494 e. The molecule has 0 unspecified atom stereocenters. The third-order valence-corrected chi connectivity index (χ3v) is 6.57. The third kappa shape index (κ3) is 6.97. The Hall–Kier alpha value is -3.04. The maximum Gasteiger partial charge on any atom is 0.407 e. The summed E-state index contributed by atoms with van der Waals surface area (Å²) in [7, 11) is 0. The van der Waals surface area contributed by atoms with Gasteiger partial charge in [0.05, 0.1) is 18.2 Å². The van der Waals surface area contributed by atoms with Gasteiger partial charge in [-0.05, 0) is 87.3 Å². The van der Waals surface area contributed by atoms with Gasteiger partial charge in [-0.2, -0.15) is 5.26 Å². The number of hydrogen-bond acceptors (Lipinski definition) is 4. The highest BCUT2D eigenvalue weighted by Crippen LogP contribution is 2.30. The van der Waals surface area contributed by atoms with Gasteiger partial charge in [-0.15, -0.1) is 0 Å². The number of nitrogens with zero attached hydrogens (tertiary/aromatic N) is 2. The SMILES string of the molecule is CCOc1ccc(-c2cccc(C#N)c2)cc1CNC1CCC(CCN(CC)C(=O)O)CC1. The minimum atomic E-state index is -0.820. The van der Waals surface area contributed by atoms with Crippen molar-refractivity contribution in [2.75, 3.05) is 19.7 Å². The highest BCUT2D eigenvalue weighted by atomic mass is 16.5. The Bertz CT molecular complexity index is 961. The number of rotatable bonds is 10. The van der Waals surface area contributed by atoms with Crippen molar-refractivity contribution in [1.29, 1.82) is 5.26 Å².